The zero-order chi connectivity index (χ0) is 19.7. The lowest BCUT2D eigenvalue weighted by Crippen LogP contribution is -2.54. The van der Waals surface area contributed by atoms with Gasteiger partial charge < -0.3 is 19.3 Å². The fraction of sp³-hybridized carbons (Fsp3) is 0.545. The lowest BCUT2D eigenvalue weighted by Gasteiger charge is -2.47. The third kappa shape index (κ3) is 3.35. The van der Waals surface area contributed by atoms with Gasteiger partial charge in [-0.05, 0) is 25.3 Å². The fourth-order valence-electron chi connectivity index (χ4n) is 4.80. The number of likely N-dealkylation sites (tertiary alicyclic amines) is 1. The van der Waals surface area contributed by atoms with Crippen molar-refractivity contribution in [2.24, 2.45) is 5.92 Å². The molecule has 0 unspecified atom stereocenters. The Bertz CT molecular complexity index is 938. The minimum Gasteiger partial charge on any atom is -0.389 e. The molecule has 2 atom stereocenters. The first-order valence-electron chi connectivity index (χ1n) is 10.2. The molecule has 2 aromatic rings. The van der Waals surface area contributed by atoms with Crippen molar-refractivity contribution < 1.29 is 14.6 Å². The van der Waals surface area contributed by atoms with E-state index in [1.54, 1.807) is 23.9 Å². The lowest BCUT2D eigenvalue weighted by atomic mass is 9.71. The summed E-state index contributed by atoms with van der Waals surface area (Å²) in [5, 5.41) is 12.2. The van der Waals surface area contributed by atoms with E-state index in [1.807, 2.05) is 23.1 Å². The van der Waals surface area contributed by atoms with Crippen LogP contribution in [0.3, 0.4) is 0 Å². The summed E-state index contributed by atoms with van der Waals surface area (Å²) in [7, 11) is 1.59. The molecule has 1 saturated carbocycles. The van der Waals surface area contributed by atoms with Crippen molar-refractivity contribution in [2.75, 3.05) is 26.8 Å². The van der Waals surface area contributed by atoms with E-state index in [4.69, 9.17) is 4.74 Å². The average molecular weight is 384 g/mol. The van der Waals surface area contributed by atoms with Crippen LogP contribution in [0.2, 0.25) is 0 Å². The Hall–Kier alpha value is -2.18. The van der Waals surface area contributed by atoms with Gasteiger partial charge in [0.2, 0.25) is 0 Å². The Morgan fingerprint density at radius 3 is 2.82 bits per heavy atom. The number of fused-ring (bicyclic) bond motifs is 2. The summed E-state index contributed by atoms with van der Waals surface area (Å²) < 4.78 is 6.69. The number of pyridine rings is 1. The molecule has 1 saturated heterocycles. The summed E-state index contributed by atoms with van der Waals surface area (Å²) in [6.07, 6.45) is 6.28. The van der Waals surface area contributed by atoms with Crippen LogP contribution in [0.25, 0.3) is 10.8 Å². The van der Waals surface area contributed by atoms with Gasteiger partial charge in [0.1, 0.15) is 0 Å². The second kappa shape index (κ2) is 7.68. The molecule has 0 spiro atoms. The maximum atomic E-state index is 13.4. The predicted octanol–water partition coefficient (Wildman–Crippen LogP) is 2.42. The highest BCUT2D eigenvalue weighted by Gasteiger charge is 2.44. The molecule has 28 heavy (non-hydrogen) atoms. The summed E-state index contributed by atoms with van der Waals surface area (Å²) in [5.74, 6) is 0.0830. The third-order valence-corrected chi connectivity index (χ3v) is 6.47. The van der Waals surface area contributed by atoms with E-state index in [0.29, 0.717) is 49.0 Å². The molecule has 1 aliphatic carbocycles. The van der Waals surface area contributed by atoms with Gasteiger partial charge in [-0.2, -0.15) is 0 Å². The van der Waals surface area contributed by atoms with Gasteiger partial charge in [0.15, 0.2) is 0 Å². The van der Waals surface area contributed by atoms with E-state index < -0.39 is 5.60 Å². The number of hydrogen-bond donors (Lipinski definition) is 1. The van der Waals surface area contributed by atoms with Crippen LogP contribution in [0.15, 0.2) is 35.3 Å². The first-order valence-corrected chi connectivity index (χ1v) is 10.2. The quantitative estimate of drug-likeness (QED) is 0.879. The van der Waals surface area contributed by atoms with Crippen LogP contribution in [0.1, 0.15) is 42.5 Å². The highest BCUT2D eigenvalue weighted by atomic mass is 16.5. The van der Waals surface area contributed by atoms with E-state index in [-0.39, 0.29) is 17.4 Å². The molecular formula is C22H28N2O4. The number of methoxy groups -OCH3 is 1. The van der Waals surface area contributed by atoms with Crippen LogP contribution < -0.4 is 5.56 Å². The van der Waals surface area contributed by atoms with Crippen LogP contribution in [0.4, 0.5) is 0 Å². The van der Waals surface area contributed by atoms with E-state index in [2.05, 4.69) is 0 Å². The number of amides is 1. The highest BCUT2D eigenvalue weighted by Crippen LogP contribution is 2.40. The molecule has 6 nitrogen and oxygen atoms in total. The molecule has 150 valence electrons. The number of piperidine rings is 1. The molecule has 0 bridgehead atoms. The van der Waals surface area contributed by atoms with E-state index >= 15 is 0 Å². The molecule has 0 radical (unpaired) electrons. The standard InChI is InChI=1S/C22H28N2O4/c1-28-13-12-24-15-19(17-7-2-3-8-18(17)20(24)25)21(26)23-11-10-22(27)9-5-4-6-16(22)14-23/h2-3,7-8,15-16,27H,4-6,9-14H2,1H3/t16-,22-/m1/s1. The molecule has 1 aliphatic heterocycles. The van der Waals surface area contributed by atoms with Crippen molar-refractivity contribution in [3.05, 3.63) is 46.4 Å². The van der Waals surface area contributed by atoms with Gasteiger partial charge in [-0.15, -0.1) is 0 Å². The molecule has 6 heteroatoms. The minimum absolute atomic E-state index is 0.0602. The fourth-order valence-corrected chi connectivity index (χ4v) is 4.80. The summed E-state index contributed by atoms with van der Waals surface area (Å²) in [5.41, 5.74) is -0.175. The number of nitrogens with zero attached hydrogens (tertiary/aromatic N) is 2. The number of aliphatic hydroxyl groups is 1. The van der Waals surface area contributed by atoms with Crippen molar-refractivity contribution in [1.29, 1.82) is 0 Å². The molecular weight excluding hydrogens is 356 g/mol. The molecule has 1 N–H and O–H groups in total. The molecule has 1 aromatic heterocycles. The SMILES string of the molecule is COCCn1cc(C(=O)N2CC[C@]3(O)CCCC[C@@H]3C2)c2ccccc2c1=O. The van der Waals surface area contributed by atoms with Crippen LogP contribution in [0, 0.1) is 5.92 Å². The highest BCUT2D eigenvalue weighted by molar-refractivity contribution is 6.06. The Labute approximate surface area is 164 Å². The Kier molecular flexibility index (Phi) is 5.25. The molecule has 2 aliphatic rings. The van der Waals surface area contributed by atoms with Gasteiger partial charge >= 0.3 is 0 Å². The van der Waals surface area contributed by atoms with E-state index in [0.717, 1.165) is 25.7 Å². The monoisotopic (exact) mass is 384 g/mol. The van der Waals surface area contributed by atoms with Gasteiger partial charge in [-0.3, -0.25) is 9.59 Å². The van der Waals surface area contributed by atoms with Crippen LogP contribution >= 0.6 is 0 Å². The van der Waals surface area contributed by atoms with Crippen molar-refractivity contribution >= 4 is 16.7 Å². The first kappa shape index (κ1) is 19.2. The average Bonchev–Trinajstić information content (AvgIpc) is 2.72. The summed E-state index contributed by atoms with van der Waals surface area (Å²) in [6.45, 7) is 1.95. The number of carbonyl (C=O) groups is 1. The Balaban J connectivity index is 1.69. The van der Waals surface area contributed by atoms with Gasteiger partial charge in [0, 0.05) is 49.6 Å². The second-order valence-corrected chi connectivity index (χ2v) is 8.13. The van der Waals surface area contributed by atoms with Gasteiger partial charge in [-0.25, -0.2) is 0 Å². The maximum absolute atomic E-state index is 13.4. The number of ether oxygens (including phenoxy) is 1. The largest absolute Gasteiger partial charge is 0.389 e. The molecule has 1 amide bonds. The Morgan fingerprint density at radius 2 is 2.04 bits per heavy atom. The number of benzene rings is 1. The van der Waals surface area contributed by atoms with Crippen LogP contribution in [-0.4, -0.2) is 52.9 Å². The summed E-state index contributed by atoms with van der Waals surface area (Å²) in [6, 6.07) is 7.29. The van der Waals surface area contributed by atoms with Crippen LogP contribution in [0.5, 0.6) is 0 Å². The van der Waals surface area contributed by atoms with E-state index in [9.17, 15) is 14.7 Å². The molecule has 1 aromatic carbocycles. The molecule has 4 rings (SSSR count). The van der Waals surface area contributed by atoms with E-state index in [1.165, 1.54) is 0 Å². The van der Waals surface area contributed by atoms with Crippen molar-refractivity contribution in [3.63, 3.8) is 0 Å². The summed E-state index contributed by atoms with van der Waals surface area (Å²) >= 11 is 0. The molecule has 2 fully saturated rings. The Morgan fingerprint density at radius 1 is 1.25 bits per heavy atom. The minimum atomic E-state index is -0.617. The number of rotatable bonds is 4. The topological polar surface area (TPSA) is 71.8 Å². The zero-order valence-corrected chi connectivity index (χ0v) is 16.4. The third-order valence-electron chi connectivity index (χ3n) is 6.47. The lowest BCUT2D eigenvalue weighted by molar-refractivity contribution is -0.0886. The molecule has 2 heterocycles. The first-order chi connectivity index (χ1) is 13.5. The number of aromatic nitrogens is 1. The van der Waals surface area contributed by atoms with Gasteiger partial charge in [-0.1, -0.05) is 31.0 Å². The van der Waals surface area contributed by atoms with Gasteiger partial charge in [0.25, 0.3) is 11.5 Å². The second-order valence-electron chi connectivity index (χ2n) is 8.13. The maximum Gasteiger partial charge on any atom is 0.258 e. The normalized spacial score (nSPS) is 24.9. The van der Waals surface area contributed by atoms with Crippen LogP contribution in [-0.2, 0) is 11.3 Å². The predicted molar refractivity (Wildman–Crippen MR) is 108 cm³/mol. The van der Waals surface area contributed by atoms with Crippen molar-refractivity contribution in [1.82, 2.24) is 9.47 Å². The van der Waals surface area contributed by atoms with Gasteiger partial charge in [0.05, 0.1) is 17.8 Å². The van der Waals surface area contributed by atoms with Crippen molar-refractivity contribution in [2.45, 2.75) is 44.2 Å². The smallest absolute Gasteiger partial charge is 0.258 e. The van der Waals surface area contributed by atoms with Crippen molar-refractivity contribution in [3.8, 4) is 0 Å². The number of hydrogen-bond acceptors (Lipinski definition) is 4. The zero-order valence-electron chi connectivity index (χ0n) is 16.4. The number of carbonyl (C=O) groups excluding carboxylic acids is 1. The summed E-state index contributed by atoms with van der Waals surface area (Å²) in [4.78, 5) is 28.1.